The van der Waals surface area contributed by atoms with Gasteiger partial charge in [-0.05, 0) is 49.4 Å². The fourth-order valence-corrected chi connectivity index (χ4v) is 5.32. The number of halogens is 3. The predicted octanol–water partition coefficient (Wildman–Crippen LogP) is 4.50. The molecular weight excluding hydrogens is 530 g/mol. The first-order valence-electron chi connectivity index (χ1n) is 10.9. The van der Waals surface area contributed by atoms with E-state index in [9.17, 15) is 26.8 Å². The molecule has 0 radical (unpaired) electrons. The summed E-state index contributed by atoms with van der Waals surface area (Å²) in [4.78, 5) is 23.2. The number of carboxylic acid groups (broad SMARTS) is 1. The van der Waals surface area contributed by atoms with Crippen LogP contribution < -0.4 is 9.04 Å². The molecule has 196 valence electrons. The molecule has 37 heavy (non-hydrogen) atoms. The second-order valence-corrected chi connectivity index (χ2v) is 10.2. The van der Waals surface area contributed by atoms with Gasteiger partial charge in [0.2, 0.25) is 0 Å². The third-order valence-corrected chi connectivity index (χ3v) is 7.60. The Bertz CT molecular complexity index is 1400. The molecule has 0 aromatic heterocycles. The molecule has 0 heterocycles. The fraction of sp³-hybridized carbons (Fsp3) is 0.200. The number of anilines is 1. The van der Waals surface area contributed by atoms with Crippen LogP contribution in [0.2, 0.25) is 5.02 Å². The van der Waals surface area contributed by atoms with Crippen molar-refractivity contribution >= 4 is 39.2 Å². The molecule has 3 aromatic carbocycles. The van der Waals surface area contributed by atoms with Crippen molar-refractivity contribution in [3.8, 4) is 5.75 Å². The summed E-state index contributed by atoms with van der Waals surface area (Å²) in [5.41, 5.74) is -0.194. The summed E-state index contributed by atoms with van der Waals surface area (Å²) in [5.74, 6) is -4.32. The second-order valence-electron chi connectivity index (χ2n) is 7.94. The lowest BCUT2D eigenvalue weighted by Crippen LogP contribution is -2.36. The lowest BCUT2D eigenvalue weighted by Gasteiger charge is -2.32. The summed E-state index contributed by atoms with van der Waals surface area (Å²) in [6.07, 6.45) is 0. The van der Waals surface area contributed by atoms with Gasteiger partial charge in [0.05, 0.1) is 23.2 Å². The summed E-state index contributed by atoms with van der Waals surface area (Å²) in [6.45, 7) is 1.30. The van der Waals surface area contributed by atoms with Crippen LogP contribution in [0, 0.1) is 11.6 Å². The Labute approximate surface area is 217 Å². The summed E-state index contributed by atoms with van der Waals surface area (Å²) in [7, 11) is -3.14. The van der Waals surface area contributed by atoms with Gasteiger partial charge in [-0.2, -0.15) is 0 Å². The highest BCUT2D eigenvalue weighted by Gasteiger charge is 2.34. The molecule has 8 nitrogen and oxygen atoms in total. The molecule has 0 aliphatic carbocycles. The van der Waals surface area contributed by atoms with Crippen LogP contribution in [-0.2, 0) is 19.6 Å². The highest BCUT2D eigenvalue weighted by Crippen LogP contribution is 2.38. The smallest absolute Gasteiger partial charge is 0.394 e. The quantitative estimate of drug-likeness (QED) is 0.392. The van der Waals surface area contributed by atoms with E-state index >= 15 is 0 Å². The molecule has 0 bridgehead atoms. The van der Waals surface area contributed by atoms with Crippen LogP contribution in [0.25, 0.3) is 0 Å². The highest BCUT2D eigenvalue weighted by molar-refractivity contribution is 7.92. The summed E-state index contributed by atoms with van der Waals surface area (Å²) in [5, 5.41) is 9.12. The molecule has 3 rings (SSSR count). The van der Waals surface area contributed by atoms with Gasteiger partial charge in [0.15, 0.2) is 0 Å². The number of carbonyl (C=O) groups is 2. The van der Waals surface area contributed by atoms with Crippen LogP contribution in [-0.4, -0.2) is 50.5 Å². The Morgan fingerprint density at radius 2 is 1.70 bits per heavy atom. The van der Waals surface area contributed by atoms with E-state index in [-0.39, 0.29) is 23.8 Å². The van der Waals surface area contributed by atoms with Crippen molar-refractivity contribution in [1.29, 1.82) is 0 Å². The number of hydrogen-bond donors (Lipinski definition) is 1. The van der Waals surface area contributed by atoms with E-state index in [1.165, 1.54) is 38.2 Å². The largest absolute Gasteiger partial charge is 0.491 e. The summed E-state index contributed by atoms with van der Waals surface area (Å²) < 4.78 is 63.0. The number of benzene rings is 3. The lowest BCUT2D eigenvalue weighted by atomic mass is 10.1. The van der Waals surface area contributed by atoms with Crippen LogP contribution >= 0.6 is 11.6 Å². The SMILES string of the molecule is CC(c1ccccc1OCCN(C)C(=O)C(=O)O)N(c1cc(F)ccc1F)S(=O)(=O)c1ccc(Cl)cc1. The Morgan fingerprint density at radius 1 is 1.05 bits per heavy atom. The average molecular weight is 553 g/mol. The molecule has 0 spiro atoms. The van der Waals surface area contributed by atoms with Crippen molar-refractivity contribution in [1.82, 2.24) is 4.90 Å². The van der Waals surface area contributed by atoms with Gasteiger partial charge in [-0.25, -0.2) is 22.0 Å². The Hall–Kier alpha value is -3.70. The number of ether oxygens (including phenoxy) is 1. The maximum atomic E-state index is 14.9. The zero-order valence-corrected chi connectivity index (χ0v) is 21.3. The van der Waals surface area contributed by atoms with Gasteiger partial charge in [-0.3, -0.25) is 9.10 Å². The van der Waals surface area contributed by atoms with Crippen molar-refractivity contribution in [2.24, 2.45) is 0 Å². The summed E-state index contributed by atoms with van der Waals surface area (Å²) >= 11 is 5.90. The van der Waals surface area contributed by atoms with Gasteiger partial charge in [0, 0.05) is 23.7 Å². The number of carboxylic acids is 1. The van der Waals surface area contributed by atoms with E-state index in [1.807, 2.05) is 0 Å². The number of amides is 1. The van der Waals surface area contributed by atoms with Crippen molar-refractivity contribution < 1.29 is 36.6 Å². The first-order chi connectivity index (χ1) is 17.4. The Morgan fingerprint density at radius 3 is 2.35 bits per heavy atom. The second kappa shape index (κ2) is 11.6. The molecule has 0 aliphatic rings. The molecule has 0 aliphatic heterocycles. The van der Waals surface area contributed by atoms with Gasteiger partial charge in [0.25, 0.3) is 10.0 Å². The van der Waals surface area contributed by atoms with Crippen molar-refractivity contribution in [3.05, 3.63) is 89.0 Å². The normalized spacial score (nSPS) is 12.0. The van der Waals surface area contributed by atoms with Crippen LogP contribution in [0.4, 0.5) is 14.5 Å². The molecule has 1 amide bonds. The van der Waals surface area contributed by atoms with E-state index in [0.29, 0.717) is 10.6 Å². The van der Waals surface area contributed by atoms with Gasteiger partial charge in [-0.1, -0.05) is 29.8 Å². The van der Waals surface area contributed by atoms with E-state index in [2.05, 4.69) is 0 Å². The molecule has 1 unspecified atom stereocenters. The van der Waals surface area contributed by atoms with E-state index in [4.69, 9.17) is 21.4 Å². The monoisotopic (exact) mass is 552 g/mol. The van der Waals surface area contributed by atoms with Gasteiger partial charge in [0.1, 0.15) is 24.0 Å². The fourth-order valence-electron chi connectivity index (χ4n) is 3.56. The summed E-state index contributed by atoms with van der Waals surface area (Å²) in [6, 6.07) is 13.0. The van der Waals surface area contributed by atoms with Crippen molar-refractivity contribution in [3.63, 3.8) is 0 Å². The number of likely N-dealkylation sites (N-methyl/N-ethyl adjacent to an activating group) is 1. The van der Waals surface area contributed by atoms with Gasteiger partial charge in [-0.15, -0.1) is 0 Å². The minimum atomic E-state index is -4.43. The molecular formula is C25H23ClF2N2O6S. The minimum absolute atomic E-state index is 0.0703. The zero-order valence-electron chi connectivity index (χ0n) is 19.8. The molecule has 0 fully saturated rings. The van der Waals surface area contributed by atoms with Crippen molar-refractivity contribution in [2.75, 3.05) is 24.5 Å². The Balaban J connectivity index is 2.03. The Kier molecular flexibility index (Phi) is 8.72. The number of nitrogens with zero attached hydrogens (tertiary/aromatic N) is 2. The van der Waals surface area contributed by atoms with E-state index in [1.54, 1.807) is 24.3 Å². The van der Waals surface area contributed by atoms with E-state index in [0.717, 1.165) is 27.4 Å². The first-order valence-corrected chi connectivity index (χ1v) is 12.7. The average Bonchev–Trinajstić information content (AvgIpc) is 2.86. The third kappa shape index (κ3) is 6.36. The van der Waals surface area contributed by atoms with Gasteiger partial charge < -0.3 is 14.7 Å². The first kappa shape index (κ1) is 27.9. The maximum Gasteiger partial charge on any atom is 0.394 e. The predicted molar refractivity (Wildman–Crippen MR) is 133 cm³/mol. The molecule has 3 aromatic rings. The zero-order chi connectivity index (χ0) is 27.3. The third-order valence-electron chi connectivity index (χ3n) is 5.45. The van der Waals surface area contributed by atoms with Crippen LogP contribution in [0.5, 0.6) is 5.75 Å². The number of rotatable bonds is 9. The molecule has 0 saturated heterocycles. The molecule has 1 atom stereocenters. The molecule has 12 heteroatoms. The van der Waals surface area contributed by atoms with E-state index < -0.39 is 45.3 Å². The number of sulfonamides is 1. The topological polar surface area (TPSA) is 104 Å². The van der Waals surface area contributed by atoms with Crippen LogP contribution in [0.15, 0.2) is 71.6 Å². The standard InChI is InChI=1S/C25H23ClF2N2O6S/c1-16(20-5-3-4-6-23(20)36-14-13-29(2)24(31)25(32)33)30(22-15-18(27)9-12-21(22)28)37(34,35)19-10-7-17(26)8-11-19/h3-12,15-16H,13-14H2,1-2H3,(H,32,33). The lowest BCUT2D eigenvalue weighted by molar-refractivity contribution is -0.155. The number of hydrogen-bond acceptors (Lipinski definition) is 5. The number of aliphatic carboxylic acids is 1. The van der Waals surface area contributed by atoms with Crippen LogP contribution in [0.3, 0.4) is 0 Å². The van der Waals surface area contributed by atoms with Gasteiger partial charge >= 0.3 is 11.9 Å². The number of para-hydroxylation sites is 1. The van der Waals surface area contributed by atoms with Crippen LogP contribution in [0.1, 0.15) is 18.5 Å². The minimum Gasteiger partial charge on any atom is -0.491 e. The molecule has 0 saturated carbocycles. The molecule has 1 N–H and O–H groups in total. The van der Waals surface area contributed by atoms with Crippen molar-refractivity contribution in [2.45, 2.75) is 17.9 Å². The maximum absolute atomic E-state index is 14.9. The number of carbonyl (C=O) groups excluding carboxylic acids is 1. The highest BCUT2D eigenvalue weighted by atomic mass is 35.5.